The fraction of sp³-hybridized carbons (Fsp3) is 0. The quantitative estimate of drug-likeness (QED) is 0.485. The minimum Gasteiger partial charge on any atom is -0.298 e. The van der Waals surface area contributed by atoms with Crippen molar-refractivity contribution < 1.29 is 9.18 Å². The van der Waals surface area contributed by atoms with Gasteiger partial charge in [-0.05, 0) is 29.3 Å². The summed E-state index contributed by atoms with van der Waals surface area (Å²) in [5.41, 5.74) is 4.31. The number of nitrogens with one attached hydrogen (secondary N) is 1. The Balaban J connectivity index is 1.50. The largest absolute Gasteiger partial charge is 0.298 e. The van der Waals surface area contributed by atoms with Gasteiger partial charge in [-0.1, -0.05) is 60.7 Å². The molecule has 1 N–H and O–H groups in total. The molecule has 1 aromatic heterocycles. The molecule has 4 aromatic rings. The Morgan fingerprint density at radius 3 is 2.30 bits per heavy atom. The lowest BCUT2D eigenvalue weighted by molar-refractivity contribution is 0.102. The van der Waals surface area contributed by atoms with E-state index in [1.54, 1.807) is 6.07 Å². The number of amides is 1. The van der Waals surface area contributed by atoms with Crippen molar-refractivity contribution in [3.63, 3.8) is 0 Å². The van der Waals surface area contributed by atoms with Crippen LogP contribution in [0.1, 0.15) is 10.4 Å². The van der Waals surface area contributed by atoms with Crippen LogP contribution in [0.2, 0.25) is 0 Å². The number of benzene rings is 3. The summed E-state index contributed by atoms with van der Waals surface area (Å²) in [4.78, 5) is 16.7. The monoisotopic (exact) mass is 374 g/mol. The SMILES string of the molecule is O=C(Nc1nc(-c2ccc(-c3ccccc3)cc2)cs1)c1cccc(F)c1. The van der Waals surface area contributed by atoms with E-state index < -0.39 is 5.82 Å². The number of carbonyl (C=O) groups excluding carboxylic acids is 1. The van der Waals surface area contributed by atoms with E-state index in [1.165, 1.54) is 29.5 Å². The molecule has 1 heterocycles. The molecule has 0 aliphatic rings. The number of aromatic nitrogens is 1. The van der Waals surface area contributed by atoms with Crippen molar-refractivity contribution in [1.29, 1.82) is 0 Å². The highest BCUT2D eigenvalue weighted by Gasteiger charge is 2.11. The highest BCUT2D eigenvalue weighted by Crippen LogP contribution is 2.27. The number of nitrogens with zero attached hydrogens (tertiary/aromatic N) is 1. The second-order valence-corrected chi connectivity index (χ2v) is 6.80. The summed E-state index contributed by atoms with van der Waals surface area (Å²) in [6.45, 7) is 0. The van der Waals surface area contributed by atoms with Gasteiger partial charge in [-0.25, -0.2) is 9.37 Å². The molecular weight excluding hydrogens is 359 g/mol. The van der Waals surface area contributed by atoms with Crippen molar-refractivity contribution in [2.45, 2.75) is 0 Å². The first kappa shape index (κ1) is 17.1. The molecule has 0 aliphatic carbocycles. The highest BCUT2D eigenvalue weighted by atomic mass is 32.1. The number of anilines is 1. The summed E-state index contributed by atoms with van der Waals surface area (Å²) in [7, 11) is 0. The molecule has 0 unspecified atom stereocenters. The van der Waals surface area contributed by atoms with E-state index in [1.807, 2.05) is 35.7 Å². The standard InChI is InChI=1S/C22H15FN2OS/c23-19-8-4-7-18(13-19)21(26)25-22-24-20(14-27-22)17-11-9-16(10-12-17)15-5-2-1-3-6-15/h1-14H,(H,24,25,26). The zero-order chi connectivity index (χ0) is 18.6. The smallest absolute Gasteiger partial charge is 0.257 e. The van der Waals surface area contributed by atoms with Gasteiger partial charge in [-0.15, -0.1) is 11.3 Å². The zero-order valence-electron chi connectivity index (χ0n) is 14.2. The summed E-state index contributed by atoms with van der Waals surface area (Å²) < 4.78 is 13.3. The van der Waals surface area contributed by atoms with E-state index in [-0.39, 0.29) is 11.5 Å². The van der Waals surface area contributed by atoms with Crippen molar-refractivity contribution in [2.75, 3.05) is 5.32 Å². The van der Waals surface area contributed by atoms with E-state index in [2.05, 4.69) is 34.6 Å². The lowest BCUT2D eigenvalue weighted by Gasteiger charge is -2.03. The van der Waals surface area contributed by atoms with Crippen molar-refractivity contribution in [3.05, 3.63) is 95.6 Å². The van der Waals surface area contributed by atoms with Gasteiger partial charge < -0.3 is 0 Å². The Labute approximate surface area is 160 Å². The third-order valence-electron chi connectivity index (χ3n) is 4.10. The van der Waals surface area contributed by atoms with Crippen LogP contribution in [0, 0.1) is 5.82 Å². The van der Waals surface area contributed by atoms with Crippen LogP contribution in [0.5, 0.6) is 0 Å². The van der Waals surface area contributed by atoms with Gasteiger partial charge in [-0.3, -0.25) is 10.1 Å². The molecule has 0 saturated carbocycles. The molecule has 0 aliphatic heterocycles. The Hall–Kier alpha value is -3.31. The number of halogens is 1. The Bertz CT molecular complexity index is 1070. The van der Waals surface area contributed by atoms with Crippen molar-refractivity contribution in [3.8, 4) is 22.4 Å². The van der Waals surface area contributed by atoms with Crippen LogP contribution in [-0.2, 0) is 0 Å². The molecule has 3 aromatic carbocycles. The van der Waals surface area contributed by atoms with Crippen molar-refractivity contribution in [1.82, 2.24) is 4.98 Å². The number of thiazole rings is 1. The van der Waals surface area contributed by atoms with Crippen LogP contribution in [0.3, 0.4) is 0 Å². The third-order valence-corrected chi connectivity index (χ3v) is 4.86. The van der Waals surface area contributed by atoms with Gasteiger partial charge in [0.05, 0.1) is 5.69 Å². The van der Waals surface area contributed by atoms with Crippen LogP contribution in [0.25, 0.3) is 22.4 Å². The van der Waals surface area contributed by atoms with Gasteiger partial charge in [0, 0.05) is 16.5 Å². The first-order chi connectivity index (χ1) is 13.2. The molecule has 0 fully saturated rings. The minimum atomic E-state index is -0.444. The van der Waals surface area contributed by atoms with E-state index in [9.17, 15) is 9.18 Å². The van der Waals surface area contributed by atoms with Crippen LogP contribution >= 0.6 is 11.3 Å². The van der Waals surface area contributed by atoms with Gasteiger partial charge >= 0.3 is 0 Å². The first-order valence-electron chi connectivity index (χ1n) is 8.37. The Kier molecular flexibility index (Phi) is 4.77. The maximum atomic E-state index is 13.3. The molecule has 5 heteroatoms. The van der Waals surface area contributed by atoms with Crippen molar-refractivity contribution in [2.24, 2.45) is 0 Å². The molecule has 0 atom stereocenters. The van der Waals surface area contributed by atoms with Gasteiger partial charge in [0.25, 0.3) is 5.91 Å². The van der Waals surface area contributed by atoms with Gasteiger partial charge in [-0.2, -0.15) is 0 Å². The predicted molar refractivity (Wildman–Crippen MR) is 107 cm³/mol. The summed E-state index contributed by atoms with van der Waals surface area (Å²) in [5, 5.41) is 5.08. The number of hydrogen-bond donors (Lipinski definition) is 1. The fourth-order valence-electron chi connectivity index (χ4n) is 2.73. The van der Waals surface area contributed by atoms with Crippen LogP contribution < -0.4 is 5.32 Å². The Morgan fingerprint density at radius 1 is 0.852 bits per heavy atom. The number of carbonyl (C=O) groups is 1. The third kappa shape index (κ3) is 3.93. The predicted octanol–water partition coefficient (Wildman–Crippen LogP) is 5.87. The average molecular weight is 374 g/mol. The normalized spacial score (nSPS) is 10.6. The van der Waals surface area contributed by atoms with Gasteiger partial charge in [0.15, 0.2) is 5.13 Å². The molecule has 0 radical (unpaired) electrons. The van der Waals surface area contributed by atoms with E-state index in [4.69, 9.17) is 0 Å². The van der Waals surface area contributed by atoms with E-state index >= 15 is 0 Å². The molecular formula is C22H15FN2OS. The van der Waals surface area contributed by atoms with Crippen LogP contribution in [0.15, 0.2) is 84.2 Å². The maximum Gasteiger partial charge on any atom is 0.257 e. The second kappa shape index (κ2) is 7.51. The maximum absolute atomic E-state index is 13.3. The van der Waals surface area contributed by atoms with Gasteiger partial charge in [0.1, 0.15) is 5.82 Å². The second-order valence-electron chi connectivity index (χ2n) is 5.95. The summed E-state index contributed by atoms with van der Waals surface area (Å²) in [6, 6.07) is 23.8. The van der Waals surface area contributed by atoms with E-state index in [0.717, 1.165) is 22.4 Å². The lowest BCUT2D eigenvalue weighted by Crippen LogP contribution is -2.11. The van der Waals surface area contributed by atoms with Crippen molar-refractivity contribution >= 4 is 22.4 Å². The minimum absolute atomic E-state index is 0.263. The number of hydrogen-bond acceptors (Lipinski definition) is 3. The topological polar surface area (TPSA) is 42.0 Å². The summed E-state index contributed by atoms with van der Waals surface area (Å²) in [5.74, 6) is -0.823. The summed E-state index contributed by atoms with van der Waals surface area (Å²) >= 11 is 1.34. The molecule has 0 saturated heterocycles. The van der Waals surface area contributed by atoms with Gasteiger partial charge in [0.2, 0.25) is 0 Å². The molecule has 3 nitrogen and oxygen atoms in total. The molecule has 0 bridgehead atoms. The molecule has 0 spiro atoms. The zero-order valence-corrected chi connectivity index (χ0v) is 15.0. The molecule has 1 amide bonds. The lowest BCUT2D eigenvalue weighted by atomic mass is 10.0. The van der Waals surface area contributed by atoms with Crippen LogP contribution in [-0.4, -0.2) is 10.9 Å². The molecule has 4 rings (SSSR count). The summed E-state index contributed by atoms with van der Waals surface area (Å²) in [6.07, 6.45) is 0. The highest BCUT2D eigenvalue weighted by molar-refractivity contribution is 7.14. The van der Waals surface area contributed by atoms with E-state index in [0.29, 0.717) is 5.13 Å². The Morgan fingerprint density at radius 2 is 1.56 bits per heavy atom. The molecule has 132 valence electrons. The molecule has 27 heavy (non-hydrogen) atoms. The average Bonchev–Trinajstić information content (AvgIpc) is 3.17. The fourth-order valence-corrected chi connectivity index (χ4v) is 3.44. The van der Waals surface area contributed by atoms with Crippen LogP contribution in [0.4, 0.5) is 9.52 Å². The number of rotatable bonds is 4. The first-order valence-corrected chi connectivity index (χ1v) is 9.25.